The van der Waals surface area contributed by atoms with Gasteiger partial charge in [0.2, 0.25) is 0 Å². The first-order chi connectivity index (χ1) is 15.2. The van der Waals surface area contributed by atoms with Crippen molar-refractivity contribution in [3.05, 3.63) is 0 Å². The van der Waals surface area contributed by atoms with Gasteiger partial charge in [-0.1, -0.05) is 136 Å². The standard InChI is InChI=1S/C28H57NO2.K/c1-4-7-9-11-13-15-17-19-21-23-25-29(27(6-3)28(30)31)26-24-22-20-18-16-14-12-10-8-5-2;/h27H,4-26H2,1-3H3,(H,30,31);/q;+1/p-1. The molecule has 0 heterocycles. The molecule has 0 aliphatic heterocycles. The Bertz CT molecular complexity index is 354. The maximum Gasteiger partial charge on any atom is 1.00 e. The number of hydrogen-bond acceptors (Lipinski definition) is 3. The first-order valence-electron chi connectivity index (χ1n) is 14.1. The summed E-state index contributed by atoms with van der Waals surface area (Å²) in [4.78, 5) is 13.8. The monoisotopic (exact) mass is 477 g/mol. The molecule has 0 aromatic heterocycles. The van der Waals surface area contributed by atoms with Crippen LogP contribution in [-0.4, -0.2) is 30.0 Å². The minimum absolute atomic E-state index is 0. The summed E-state index contributed by atoms with van der Waals surface area (Å²) in [6, 6.07) is -0.405. The van der Waals surface area contributed by atoms with Crippen molar-refractivity contribution in [2.45, 2.75) is 162 Å². The van der Waals surface area contributed by atoms with Gasteiger partial charge in [-0.05, 0) is 32.4 Å². The molecular weight excluding hydrogens is 421 g/mol. The molecule has 0 saturated carbocycles. The minimum atomic E-state index is -0.887. The molecule has 0 rings (SSSR count). The number of carboxylic acid groups (broad SMARTS) is 1. The molecular formula is C28H56KNO2. The summed E-state index contributed by atoms with van der Waals surface area (Å²) in [5.41, 5.74) is 0. The Kier molecular flexibility index (Phi) is 31.2. The molecule has 1 unspecified atom stereocenters. The number of rotatable bonds is 25. The Balaban J connectivity index is 0. The number of aliphatic carboxylic acids is 1. The fraction of sp³-hybridized carbons (Fsp3) is 0.964. The van der Waals surface area contributed by atoms with E-state index >= 15 is 0 Å². The van der Waals surface area contributed by atoms with Crippen molar-refractivity contribution in [1.29, 1.82) is 0 Å². The Hall–Kier alpha value is 1.07. The second-order valence-corrected chi connectivity index (χ2v) is 9.64. The van der Waals surface area contributed by atoms with E-state index in [4.69, 9.17) is 0 Å². The molecule has 0 aromatic rings. The molecule has 0 bridgehead atoms. The normalized spacial score (nSPS) is 12.1. The Morgan fingerprint density at radius 1 is 0.562 bits per heavy atom. The van der Waals surface area contributed by atoms with Crippen molar-refractivity contribution >= 4 is 5.97 Å². The Morgan fingerprint density at radius 2 is 0.844 bits per heavy atom. The summed E-state index contributed by atoms with van der Waals surface area (Å²) in [5, 5.41) is 11.6. The molecule has 0 spiro atoms. The molecule has 0 N–H and O–H groups in total. The van der Waals surface area contributed by atoms with Crippen molar-refractivity contribution in [3.63, 3.8) is 0 Å². The molecule has 0 fully saturated rings. The first-order valence-corrected chi connectivity index (χ1v) is 14.1. The predicted molar refractivity (Wildman–Crippen MR) is 134 cm³/mol. The van der Waals surface area contributed by atoms with Gasteiger partial charge in [-0.3, -0.25) is 4.90 Å². The van der Waals surface area contributed by atoms with E-state index in [9.17, 15) is 9.90 Å². The van der Waals surface area contributed by atoms with Gasteiger partial charge in [0.1, 0.15) is 0 Å². The topological polar surface area (TPSA) is 43.4 Å². The van der Waals surface area contributed by atoms with E-state index in [0.29, 0.717) is 6.42 Å². The molecule has 186 valence electrons. The molecule has 0 saturated heterocycles. The molecule has 3 nitrogen and oxygen atoms in total. The molecule has 32 heavy (non-hydrogen) atoms. The number of nitrogens with zero attached hydrogens (tertiary/aromatic N) is 1. The van der Waals surface area contributed by atoms with Crippen LogP contribution >= 0.6 is 0 Å². The van der Waals surface area contributed by atoms with Gasteiger partial charge in [0.25, 0.3) is 0 Å². The molecule has 0 radical (unpaired) electrons. The minimum Gasteiger partial charge on any atom is -0.548 e. The molecule has 1 atom stereocenters. The van der Waals surface area contributed by atoms with Crippen LogP contribution < -0.4 is 56.5 Å². The zero-order valence-electron chi connectivity index (χ0n) is 22.6. The van der Waals surface area contributed by atoms with Gasteiger partial charge >= 0.3 is 51.4 Å². The van der Waals surface area contributed by atoms with E-state index in [-0.39, 0.29) is 51.4 Å². The summed E-state index contributed by atoms with van der Waals surface area (Å²) in [6.07, 6.45) is 27.1. The first kappa shape index (κ1) is 35.2. The Morgan fingerprint density at radius 3 is 1.09 bits per heavy atom. The summed E-state index contributed by atoms with van der Waals surface area (Å²) < 4.78 is 0. The van der Waals surface area contributed by atoms with Crippen LogP contribution in [0.15, 0.2) is 0 Å². The van der Waals surface area contributed by atoms with Crippen LogP contribution in [0, 0.1) is 0 Å². The summed E-state index contributed by atoms with van der Waals surface area (Å²) >= 11 is 0. The average Bonchev–Trinajstić information content (AvgIpc) is 2.76. The van der Waals surface area contributed by atoms with Crippen molar-refractivity contribution < 1.29 is 61.3 Å². The number of carbonyl (C=O) groups excluding carboxylic acids is 1. The maximum atomic E-state index is 11.6. The number of hydrogen-bond donors (Lipinski definition) is 0. The van der Waals surface area contributed by atoms with E-state index in [1.807, 2.05) is 6.92 Å². The SMILES string of the molecule is CCCCCCCCCCCCN(CCCCCCCCCCCC)C(CC)C(=O)[O-].[K+]. The van der Waals surface area contributed by atoms with Crippen molar-refractivity contribution in [2.24, 2.45) is 0 Å². The van der Waals surface area contributed by atoms with E-state index in [1.165, 1.54) is 116 Å². The van der Waals surface area contributed by atoms with E-state index in [0.717, 1.165) is 25.9 Å². The van der Waals surface area contributed by atoms with Gasteiger partial charge in [0, 0.05) is 6.04 Å². The van der Waals surface area contributed by atoms with Crippen LogP contribution in [0.3, 0.4) is 0 Å². The molecule has 4 heteroatoms. The molecule has 0 aliphatic carbocycles. The second-order valence-electron chi connectivity index (χ2n) is 9.64. The summed E-state index contributed by atoms with van der Waals surface area (Å²) in [7, 11) is 0. The molecule has 0 aliphatic rings. The third kappa shape index (κ3) is 22.8. The van der Waals surface area contributed by atoms with E-state index in [1.54, 1.807) is 0 Å². The van der Waals surface area contributed by atoms with Crippen LogP contribution in [-0.2, 0) is 4.79 Å². The third-order valence-electron chi connectivity index (χ3n) is 6.70. The van der Waals surface area contributed by atoms with Gasteiger partial charge in [0.05, 0.1) is 5.97 Å². The zero-order chi connectivity index (χ0) is 23.0. The van der Waals surface area contributed by atoms with E-state index in [2.05, 4.69) is 18.7 Å². The average molecular weight is 478 g/mol. The fourth-order valence-corrected chi connectivity index (χ4v) is 4.60. The van der Waals surface area contributed by atoms with Gasteiger partial charge in [-0.15, -0.1) is 0 Å². The fourth-order valence-electron chi connectivity index (χ4n) is 4.60. The van der Waals surface area contributed by atoms with Crippen molar-refractivity contribution in [2.75, 3.05) is 13.1 Å². The van der Waals surface area contributed by atoms with Crippen molar-refractivity contribution in [3.8, 4) is 0 Å². The number of carboxylic acids is 1. The Labute approximate surface area is 244 Å². The van der Waals surface area contributed by atoms with Gasteiger partial charge in [-0.2, -0.15) is 0 Å². The molecule has 0 aromatic carbocycles. The van der Waals surface area contributed by atoms with Crippen LogP contribution in [0.2, 0.25) is 0 Å². The zero-order valence-corrected chi connectivity index (χ0v) is 25.7. The third-order valence-corrected chi connectivity index (χ3v) is 6.70. The van der Waals surface area contributed by atoms with Gasteiger partial charge in [-0.25, -0.2) is 0 Å². The van der Waals surface area contributed by atoms with Gasteiger partial charge < -0.3 is 9.90 Å². The van der Waals surface area contributed by atoms with Gasteiger partial charge in [0.15, 0.2) is 0 Å². The number of unbranched alkanes of at least 4 members (excludes halogenated alkanes) is 18. The maximum absolute atomic E-state index is 11.6. The van der Waals surface area contributed by atoms with Crippen LogP contribution in [0.5, 0.6) is 0 Å². The predicted octanol–water partition coefficient (Wildman–Crippen LogP) is 4.66. The quantitative estimate of drug-likeness (QED) is 0.142. The van der Waals surface area contributed by atoms with E-state index < -0.39 is 12.0 Å². The molecule has 0 amide bonds. The van der Waals surface area contributed by atoms with Crippen LogP contribution in [0.25, 0.3) is 0 Å². The smallest absolute Gasteiger partial charge is 0.548 e. The number of carbonyl (C=O) groups is 1. The summed E-state index contributed by atoms with van der Waals surface area (Å²) in [6.45, 7) is 8.35. The summed E-state index contributed by atoms with van der Waals surface area (Å²) in [5.74, 6) is -0.887. The largest absolute Gasteiger partial charge is 1.00 e. The van der Waals surface area contributed by atoms with Crippen LogP contribution in [0.1, 0.15) is 156 Å². The van der Waals surface area contributed by atoms with Crippen LogP contribution in [0.4, 0.5) is 0 Å². The van der Waals surface area contributed by atoms with Crippen molar-refractivity contribution in [1.82, 2.24) is 4.90 Å². The second kappa shape index (κ2) is 28.3.